The number of anilines is 2. The van der Waals surface area contributed by atoms with E-state index in [-0.39, 0.29) is 17.1 Å². The highest BCUT2D eigenvalue weighted by molar-refractivity contribution is 6.39. The first-order chi connectivity index (χ1) is 12.9. The topological polar surface area (TPSA) is 48.5 Å². The number of nitrogens with one attached hydrogen (secondary N) is 1. The summed E-state index contributed by atoms with van der Waals surface area (Å²) in [5.74, 6) is -0.195. The molecule has 3 heterocycles. The van der Waals surface area contributed by atoms with Crippen molar-refractivity contribution in [3.8, 4) is 0 Å². The number of pyridine rings is 1. The predicted molar refractivity (Wildman–Crippen MR) is 105 cm³/mol. The summed E-state index contributed by atoms with van der Waals surface area (Å²) in [5, 5.41) is 3.77. The number of nitrogens with zero attached hydrogens (tertiary/aromatic N) is 3. The van der Waals surface area contributed by atoms with Gasteiger partial charge in [0.05, 0.1) is 20.8 Å². The molecule has 1 N–H and O–H groups in total. The smallest absolute Gasteiger partial charge is 0.321 e. The van der Waals surface area contributed by atoms with Gasteiger partial charge in [0.25, 0.3) is 0 Å². The van der Waals surface area contributed by atoms with Crippen LogP contribution in [0.3, 0.4) is 0 Å². The molecule has 9 heteroatoms. The second kappa shape index (κ2) is 7.34. The molecule has 27 heavy (non-hydrogen) atoms. The predicted octanol–water partition coefficient (Wildman–Crippen LogP) is 4.92. The molecule has 5 nitrogen and oxygen atoms in total. The molecule has 2 amide bonds. The van der Waals surface area contributed by atoms with Gasteiger partial charge in [0.2, 0.25) is 0 Å². The Hall–Kier alpha value is -1.76. The first kappa shape index (κ1) is 18.6. The second-order valence-corrected chi connectivity index (χ2v) is 8.05. The van der Waals surface area contributed by atoms with Gasteiger partial charge in [0.15, 0.2) is 0 Å². The summed E-state index contributed by atoms with van der Waals surface area (Å²) in [7, 11) is 0. The Bertz CT molecular complexity index is 877. The maximum Gasteiger partial charge on any atom is 0.321 e. The number of rotatable bonds is 2. The van der Waals surface area contributed by atoms with Gasteiger partial charge in [-0.05, 0) is 30.5 Å². The summed E-state index contributed by atoms with van der Waals surface area (Å²) < 4.78 is 13.3. The molecule has 2 fully saturated rings. The molecule has 2 unspecified atom stereocenters. The van der Waals surface area contributed by atoms with Gasteiger partial charge in [0, 0.05) is 43.8 Å². The summed E-state index contributed by atoms with van der Waals surface area (Å²) in [6.07, 6.45) is 4.13. The molecule has 1 aromatic carbocycles. The van der Waals surface area contributed by atoms with Crippen molar-refractivity contribution in [1.29, 1.82) is 0 Å². The van der Waals surface area contributed by atoms with Crippen molar-refractivity contribution in [2.24, 2.45) is 5.92 Å². The van der Waals surface area contributed by atoms with Gasteiger partial charge < -0.3 is 15.1 Å². The van der Waals surface area contributed by atoms with Crippen molar-refractivity contribution in [2.45, 2.75) is 12.5 Å². The van der Waals surface area contributed by atoms with Crippen LogP contribution in [0.4, 0.5) is 20.6 Å². The average molecular weight is 430 g/mol. The SMILES string of the molecule is O=C(Nc1ccc(F)c(Cl)c1)N1CC2CC(C1)N(c1c(Cl)cncc1Cl)C2. The number of piperidine rings is 1. The molecule has 2 aliphatic rings. The van der Waals surface area contributed by atoms with E-state index in [1.165, 1.54) is 18.2 Å². The number of halogens is 4. The number of hydrogen-bond donors (Lipinski definition) is 1. The molecular formula is C18H16Cl3FN4O. The van der Waals surface area contributed by atoms with E-state index < -0.39 is 5.82 Å². The fourth-order valence-electron chi connectivity index (χ4n) is 3.85. The van der Waals surface area contributed by atoms with Gasteiger partial charge in [-0.1, -0.05) is 34.8 Å². The lowest BCUT2D eigenvalue weighted by Crippen LogP contribution is -2.47. The zero-order valence-electron chi connectivity index (χ0n) is 14.1. The van der Waals surface area contributed by atoms with Gasteiger partial charge in [-0.2, -0.15) is 0 Å². The molecule has 0 aliphatic carbocycles. The van der Waals surface area contributed by atoms with Crippen LogP contribution in [0.1, 0.15) is 6.42 Å². The number of amides is 2. The third kappa shape index (κ3) is 3.66. The van der Waals surface area contributed by atoms with Crippen molar-refractivity contribution in [3.63, 3.8) is 0 Å². The van der Waals surface area contributed by atoms with Crippen LogP contribution < -0.4 is 10.2 Å². The fraction of sp³-hybridized carbons (Fsp3) is 0.333. The molecule has 0 spiro atoms. The summed E-state index contributed by atoms with van der Waals surface area (Å²) in [4.78, 5) is 20.6. The minimum Gasteiger partial charge on any atom is -0.364 e. The Morgan fingerprint density at radius 1 is 1.11 bits per heavy atom. The lowest BCUT2D eigenvalue weighted by atomic mass is 10.0. The van der Waals surface area contributed by atoms with Gasteiger partial charge in [-0.3, -0.25) is 4.98 Å². The van der Waals surface area contributed by atoms with Crippen LogP contribution in [-0.2, 0) is 0 Å². The Balaban J connectivity index is 1.49. The third-order valence-electron chi connectivity index (χ3n) is 4.98. The number of likely N-dealkylation sites (tertiary alicyclic amines) is 1. The number of urea groups is 1. The third-order valence-corrected chi connectivity index (χ3v) is 5.83. The average Bonchev–Trinajstić information content (AvgIpc) is 2.91. The second-order valence-electron chi connectivity index (χ2n) is 6.82. The molecule has 2 saturated heterocycles. The van der Waals surface area contributed by atoms with E-state index in [1.807, 2.05) is 0 Å². The van der Waals surface area contributed by atoms with E-state index in [0.29, 0.717) is 34.7 Å². The molecule has 1 aromatic heterocycles. The van der Waals surface area contributed by atoms with Gasteiger partial charge in [-0.25, -0.2) is 9.18 Å². The molecule has 2 aliphatic heterocycles. The van der Waals surface area contributed by atoms with Crippen LogP contribution in [0, 0.1) is 11.7 Å². The van der Waals surface area contributed by atoms with Crippen molar-refractivity contribution in [1.82, 2.24) is 9.88 Å². The molecule has 4 rings (SSSR count). The number of aromatic nitrogens is 1. The van der Waals surface area contributed by atoms with Crippen molar-refractivity contribution >= 4 is 52.2 Å². The summed E-state index contributed by atoms with van der Waals surface area (Å²) in [5.41, 5.74) is 1.23. The van der Waals surface area contributed by atoms with E-state index in [1.54, 1.807) is 17.3 Å². The molecule has 2 aromatic rings. The lowest BCUT2D eigenvalue weighted by Gasteiger charge is -2.33. The minimum atomic E-state index is -0.521. The first-order valence-corrected chi connectivity index (χ1v) is 9.62. The highest BCUT2D eigenvalue weighted by Crippen LogP contribution is 2.40. The van der Waals surface area contributed by atoms with Crippen LogP contribution in [0.25, 0.3) is 0 Å². The van der Waals surface area contributed by atoms with Crippen molar-refractivity contribution < 1.29 is 9.18 Å². The van der Waals surface area contributed by atoms with Crippen molar-refractivity contribution in [2.75, 3.05) is 29.9 Å². The molecule has 2 bridgehead atoms. The van der Waals surface area contributed by atoms with E-state index >= 15 is 0 Å². The number of benzene rings is 1. The zero-order chi connectivity index (χ0) is 19.1. The number of carbonyl (C=O) groups excluding carboxylic acids is 1. The Kier molecular flexibility index (Phi) is 5.05. The molecular weight excluding hydrogens is 414 g/mol. The molecule has 0 saturated carbocycles. The summed E-state index contributed by atoms with van der Waals surface area (Å²) in [6, 6.07) is 4.01. The normalized spacial score (nSPS) is 21.5. The van der Waals surface area contributed by atoms with Gasteiger partial charge >= 0.3 is 6.03 Å². The summed E-state index contributed by atoms with van der Waals surface area (Å²) >= 11 is 18.4. The highest BCUT2D eigenvalue weighted by Gasteiger charge is 2.41. The van der Waals surface area contributed by atoms with Gasteiger partial charge in [0.1, 0.15) is 5.82 Å². The van der Waals surface area contributed by atoms with E-state index in [9.17, 15) is 9.18 Å². The maximum atomic E-state index is 13.3. The highest BCUT2D eigenvalue weighted by atomic mass is 35.5. The molecule has 0 radical (unpaired) electrons. The summed E-state index contributed by atoms with van der Waals surface area (Å²) in [6.45, 7) is 1.96. The molecule has 2 atom stereocenters. The Morgan fingerprint density at radius 3 is 2.56 bits per heavy atom. The first-order valence-electron chi connectivity index (χ1n) is 8.49. The van der Waals surface area contributed by atoms with E-state index in [2.05, 4.69) is 15.2 Å². The number of fused-ring (bicyclic) bond motifs is 2. The largest absolute Gasteiger partial charge is 0.364 e. The van der Waals surface area contributed by atoms with E-state index in [4.69, 9.17) is 34.8 Å². The Labute approximate surface area is 171 Å². The number of hydrogen-bond acceptors (Lipinski definition) is 3. The van der Waals surface area contributed by atoms with E-state index in [0.717, 1.165) is 18.7 Å². The van der Waals surface area contributed by atoms with Crippen LogP contribution in [0.15, 0.2) is 30.6 Å². The van der Waals surface area contributed by atoms with Crippen LogP contribution in [0.5, 0.6) is 0 Å². The van der Waals surface area contributed by atoms with Crippen LogP contribution in [0.2, 0.25) is 15.1 Å². The standard InChI is InChI=1S/C18H16Cl3FN4O/c19-13-4-11(1-2-16(13)22)24-18(27)25-7-10-3-12(9-25)26(8-10)17-14(20)5-23-6-15(17)21/h1-2,4-6,10,12H,3,7-9H2,(H,24,27). The molecule has 142 valence electrons. The quantitative estimate of drug-likeness (QED) is 0.737. The fourth-order valence-corrected chi connectivity index (χ4v) is 4.62. The van der Waals surface area contributed by atoms with Crippen molar-refractivity contribution in [3.05, 3.63) is 51.5 Å². The lowest BCUT2D eigenvalue weighted by molar-refractivity contribution is 0.187. The monoisotopic (exact) mass is 428 g/mol. The van der Waals surface area contributed by atoms with Gasteiger partial charge in [-0.15, -0.1) is 0 Å². The Morgan fingerprint density at radius 2 is 1.85 bits per heavy atom. The zero-order valence-corrected chi connectivity index (χ0v) is 16.4. The maximum absolute atomic E-state index is 13.3. The van der Waals surface area contributed by atoms with Crippen LogP contribution >= 0.6 is 34.8 Å². The minimum absolute atomic E-state index is 0.0281. The van der Waals surface area contributed by atoms with Crippen LogP contribution in [-0.4, -0.2) is 41.6 Å². The number of carbonyl (C=O) groups is 1.